The fraction of sp³-hybridized carbons (Fsp3) is 0.429. The van der Waals surface area contributed by atoms with E-state index < -0.39 is 11.7 Å². The third-order valence-electron chi connectivity index (χ3n) is 2.02. The molecule has 0 fully saturated rings. The smallest absolute Gasteiger partial charge is 0.186 e. The molecule has 1 aromatic rings. The zero-order chi connectivity index (χ0) is 13.6. The van der Waals surface area contributed by atoms with Crippen molar-refractivity contribution in [3.63, 3.8) is 0 Å². The molecule has 0 aromatic heterocycles. The maximum Gasteiger partial charge on any atom is 0.186 e. The van der Waals surface area contributed by atoms with Gasteiger partial charge in [0.25, 0.3) is 0 Å². The monoisotopic (exact) mass is 247 g/mol. The predicted molar refractivity (Wildman–Crippen MR) is 66.7 cm³/mol. The molecule has 0 aliphatic rings. The summed E-state index contributed by atoms with van der Waals surface area (Å²) in [4.78, 5) is 21.9. The lowest BCUT2D eigenvalue weighted by Gasteiger charge is -2.19. The van der Waals surface area contributed by atoms with Crippen LogP contribution in [0.5, 0.6) is 0 Å². The average Bonchev–Trinajstić information content (AvgIpc) is 2.34. The van der Waals surface area contributed by atoms with Gasteiger partial charge >= 0.3 is 0 Å². The van der Waals surface area contributed by atoms with Crippen molar-refractivity contribution < 1.29 is 14.6 Å². The number of nitriles is 1. The van der Waals surface area contributed by atoms with Crippen molar-refractivity contribution >= 4 is 5.78 Å². The molecule has 0 N–H and O–H groups in total. The van der Waals surface area contributed by atoms with E-state index in [1.165, 1.54) is 0 Å². The summed E-state index contributed by atoms with van der Waals surface area (Å²) in [7, 11) is 0. The number of rotatable bonds is 5. The van der Waals surface area contributed by atoms with Gasteiger partial charge in [-0.1, -0.05) is 30.3 Å². The average molecular weight is 247 g/mol. The number of carbonyl (C=O) groups excluding carboxylic acids is 1. The highest BCUT2D eigenvalue weighted by Gasteiger charge is 2.20. The zero-order valence-electron chi connectivity index (χ0n) is 10.8. The highest BCUT2D eigenvalue weighted by Crippen LogP contribution is 2.12. The fourth-order valence-corrected chi connectivity index (χ4v) is 1.21. The van der Waals surface area contributed by atoms with Gasteiger partial charge in [-0.25, -0.2) is 9.78 Å². The highest BCUT2D eigenvalue weighted by molar-refractivity contribution is 5.96. The van der Waals surface area contributed by atoms with Gasteiger partial charge < -0.3 is 0 Å². The lowest BCUT2D eigenvalue weighted by Crippen LogP contribution is -2.25. The third-order valence-corrected chi connectivity index (χ3v) is 2.02. The van der Waals surface area contributed by atoms with Crippen molar-refractivity contribution in [3.8, 4) is 6.07 Å². The second-order valence-corrected chi connectivity index (χ2v) is 4.90. The Morgan fingerprint density at radius 3 is 2.44 bits per heavy atom. The number of carbonyl (C=O) groups is 1. The normalized spacial score (nSPS) is 12.8. The molecule has 0 amide bonds. The molecule has 1 aromatic carbocycles. The number of nitrogens with zero attached hydrogens (tertiary/aromatic N) is 1. The third kappa shape index (κ3) is 5.09. The van der Waals surface area contributed by atoms with E-state index >= 15 is 0 Å². The Morgan fingerprint density at radius 2 is 1.94 bits per heavy atom. The standard InChI is InChI=1S/C14H17NO3/c1-14(2,3)18-17-12(10-15)9-13(16)11-7-5-4-6-8-11/h4-8,12H,9H2,1-3H3. The number of hydrogen-bond acceptors (Lipinski definition) is 4. The van der Waals surface area contributed by atoms with Crippen molar-refractivity contribution in [1.29, 1.82) is 5.26 Å². The summed E-state index contributed by atoms with van der Waals surface area (Å²) >= 11 is 0. The molecule has 1 atom stereocenters. The molecule has 96 valence electrons. The SMILES string of the molecule is CC(C)(C)OOC(C#N)CC(=O)c1ccccc1. The molecule has 0 saturated carbocycles. The van der Waals surface area contributed by atoms with Crippen molar-refractivity contribution in [2.24, 2.45) is 0 Å². The minimum atomic E-state index is -0.892. The van der Waals surface area contributed by atoms with Crippen LogP contribution < -0.4 is 0 Å². The number of ketones is 1. The van der Waals surface area contributed by atoms with Crippen molar-refractivity contribution in [3.05, 3.63) is 35.9 Å². The topological polar surface area (TPSA) is 59.3 Å². The minimum Gasteiger partial charge on any atom is -0.294 e. The van der Waals surface area contributed by atoms with Crippen LogP contribution in [-0.4, -0.2) is 17.5 Å². The summed E-state index contributed by atoms with van der Waals surface area (Å²) in [6.45, 7) is 5.42. The zero-order valence-corrected chi connectivity index (χ0v) is 10.8. The van der Waals surface area contributed by atoms with Crippen LogP contribution in [0.2, 0.25) is 0 Å². The van der Waals surface area contributed by atoms with E-state index in [-0.39, 0.29) is 12.2 Å². The Kier molecular flexibility index (Phi) is 5.02. The maximum absolute atomic E-state index is 11.9. The Balaban J connectivity index is 2.54. The largest absolute Gasteiger partial charge is 0.294 e. The van der Waals surface area contributed by atoms with Gasteiger partial charge in [0, 0.05) is 5.56 Å². The molecule has 1 unspecified atom stereocenters. The van der Waals surface area contributed by atoms with Gasteiger partial charge in [-0.05, 0) is 20.8 Å². The summed E-state index contributed by atoms with van der Waals surface area (Å²) < 4.78 is 0. The summed E-state index contributed by atoms with van der Waals surface area (Å²) in [5.41, 5.74) is 0.0577. The fourth-order valence-electron chi connectivity index (χ4n) is 1.21. The van der Waals surface area contributed by atoms with Gasteiger partial charge in [0.15, 0.2) is 11.9 Å². The summed E-state index contributed by atoms with van der Waals surface area (Å²) in [5.74, 6) is -0.139. The van der Waals surface area contributed by atoms with Gasteiger partial charge in [0.2, 0.25) is 0 Å². The molecule has 1 rings (SSSR count). The van der Waals surface area contributed by atoms with Crippen LogP contribution in [0.4, 0.5) is 0 Å². The maximum atomic E-state index is 11.9. The molecule has 0 aliphatic carbocycles. The Bertz CT molecular complexity index is 429. The Hall–Kier alpha value is -1.70. The van der Waals surface area contributed by atoms with Gasteiger partial charge in [-0.3, -0.25) is 4.79 Å². The second kappa shape index (κ2) is 6.29. The predicted octanol–water partition coefficient (Wildman–Crippen LogP) is 2.90. The molecular weight excluding hydrogens is 230 g/mol. The minimum absolute atomic E-state index is 0.0173. The van der Waals surface area contributed by atoms with E-state index in [0.717, 1.165) is 0 Å². The van der Waals surface area contributed by atoms with Crippen LogP contribution in [0, 0.1) is 11.3 Å². The lowest BCUT2D eigenvalue weighted by molar-refractivity contribution is -0.362. The van der Waals surface area contributed by atoms with Crippen molar-refractivity contribution in [2.75, 3.05) is 0 Å². The van der Waals surface area contributed by atoms with E-state index in [1.54, 1.807) is 45.0 Å². The van der Waals surface area contributed by atoms with Crippen LogP contribution in [-0.2, 0) is 9.78 Å². The van der Waals surface area contributed by atoms with E-state index in [9.17, 15) is 4.79 Å². The Labute approximate surface area is 107 Å². The first-order valence-corrected chi connectivity index (χ1v) is 5.75. The molecule has 18 heavy (non-hydrogen) atoms. The van der Waals surface area contributed by atoms with Crippen molar-refractivity contribution in [2.45, 2.75) is 38.9 Å². The van der Waals surface area contributed by atoms with Crippen LogP contribution in [0.25, 0.3) is 0 Å². The van der Waals surface area contributed by atoms with Gasteiger partial charge in [0.05, 0.1) is 18.1 Å². The molecule has 0 bridgehead atoms. The molecule has 0 saturated heterocycles. The van der Waals surface area contributed by atoms with Crippen molar-refractivity contribution in [1.82, 2.24) is 0 Å². The quantitative estimate of drug-likeness (QED) is 0.456. The van der Waals surface area contributed by atoms with Crippen LogP contribution >= 0.6 is 0 Å². The van der Waals surface area contributed by atoms with Gasteiger partial charge in [-0.2, -0.15) is 5.26 Å². The molecule has 0 aliphatic heterocycles. The first-order chi connectivity index (χ1) is 8.42. The molecule has 0 radical (unpaired) electrons. The Morgan fingerprint density at radius 1 is 1.33 bits per heavy atom. The molecule has 4 heteroatoms. The van der Waals surface area contributed by atoms with Crippen LogP contribution in [0.1, 0.15) is 37.6 Å². The van der Waals surface area contributed by atoms with Crippen LogP contribution in [0.15, 0.2) is 30.3 Å². The molecule has 4 nitrogen and oxygen atoms in total. The first kappa shape index (κ1) is 14.4. The molecule has 0 heterocycles. The van der Waals surface area contributed by atoms with Crippen LogP contribution in [0.3, 0.4) is 0 Å². The first-order valence-electron chi connectivity index (χ1n) is 5.75. The summed E-state index contributed by atoms with van der Waals surface area (Å²) in [6, 6.07) is 10.7. The van der Waals surface area contributed by atoms with E-state index in [2.05, 4.69) is 0 Å². The molecule has 0 spiro atoms. The highest BCUT2D eigenvalue weighted by atomic mass is 17.2. The number of benzene rings is 1. The number of hydrogen-bond donors (Lipinski definition) is 0. The van der Waals surface area contributed by atoms with E-state index in [1.807, 2.05) is 12.1 Å². The van der Waals surface area contributed by atoms with Gasteiger partial charge in [-0.15, -0.1) is 0 Å². The second-order valence-electron chi connectivity index (χ2n) is 4.90. The number of Topliss-reactive ketones (excluding diaryl/α,β-unsaturated/α-hetero) is 1. The summed E-state index contributed by atoms with van der Waals surface area (Å²) in [6.07, 6.45) is -0.909. The molecular formula is C14H17NO3. The van der Waals surface area contributed by atoms with E-state index in [4.69, 9.17) is 15.0 Å². The van der Waals surface area contributed by atoms with E-state index in [0.29, 0.717) is 5.56 Å². The van der Waals surface area contributed by atoms with Gasteiger partial charge in [0.1, 0.15) is 0 Å². The lowest BCUT2D eigenvalue weighted by atomic mass is 10.1. The summed E-state index contributed by atoms with van der Waals surface area (Å²) in [5, 5.41) is 8.91.